The van der Waals surface area contributed by atoms with Gasteiger partial charge in [0.05, 0.1) is 10.3 Å². The predicted octanol–water partition coefficient (Wildman–Crippen LogP) is 14.8. The fourth-order valence-corrected chi connectivity index (χ4v) is 9.83. The lowest BCUT2D eigenvalue weighted by Crippen LogP contribution is -2.33. The average molecular weight is 1010 g/mol. The Morgan fingerprint density at radius 3 is 0.647 bits per heavy atom. The van der Waals surface area contributed by atoms with Crippen LogP contribution in [-0.2, 0) is 10.3 Å². The van der Waals surface area contributed by atoms with Crippen LogP contribution < -0.4 is 0 Å². The summed E-state index contributed by atoms with van der Waals surface area (Å²) >= 11 is 0. The van der Waals surface area contributed by atoms with Crippen LogP contribution in [0.15, 0.2) is 72.8 Å². The monoisotopic (exact) mass is 1010 g/mol. The minimum Gasteiger partial charge on any atom is -0.203 e. The smallest absolute Gasteiger partial charge is 0.200 e. The molecule has 0 fully saturated rings. The molecule has 8 rings (SSSR count). The van der Waals surface area contributed by atoms with Gasteiger partial charge in [-0.1, -0.05) is 72.8 Å². The van der Waals surface area contributed by atoms with Crippen LogP contribution in [0.5, 0.6) is 0 Å². The minimum absolute atomic E-state index is 0.186. The summed E-state index contributed by atoms with van der Waals surface area (Å²) in [4.78, 5) is 0. The third kappa shape index (κ3) is 6.52. The van der Waals surface area contributed by atoms with Crippen LogP contribution in [0, 0.1) is 116 Å². The highest BCUT2D eigenvalue weighted by Gasteiger charge is 2.51. The van der Waals surface area contributed by atoms with Gasteiger partial charge in [-0.05, 0) is 43.8 Å². The molecule has 0 N–H and O–H groups in total. The van der Waals surface area contributed by atoms with E-state index in [0.717, 1.165) is 48.5 Å². The molecule has 0 saturated heterocycles. The van der Waals surface area contributed by atoms with Gasteiger partial charge in [0.25, 0.3) is 0 Å². The zero-order valence-corrected chi connectivity index (χ0v) is 35.0. The quantitative estimate of drug-likeness (QED) is 0.0491. The first-order chi connectivity index (χ1) is 31.9. The summed E-state index contributed by atoms with van der Waals surface area (Å²) in [5.41, 5.74) is -14.4. The van der Waals surface area contributed by atoms with E-state index in [4.69, 9.17) is 0 Å². The Kier molecular flexibility index (Phi) is 11.9. The van der Waals surface area contributed by atoms with Crippen molar-refractivity contribution in [3.63, 3.8) is 0 Å². The van der Waals surface area contributed by atoms with E-state index in [0.29, 0.717) is 12.1 Å². The summed E-state index contributed by atoms with van der Waals surface area (Å²) < 4.78 is 313. The summed E-state index contributed by atoms with van der Waals surface area (Å²) in [5, 5.41) is -9.62. The second-order valence-electron chi connectivity index (χ2n) is 14.8. The van der Waals surface area contributed by atoms with Gasteiger partial charge in [-0.25, -0.2) is 87.8 Å². The van der Waals surface area contributed by atoms with Crippen LogP contribution in [0.25, 0.3) is 32.7 Å². The second kappa shape index (κ2) is 16.8. The maximum Gasteiger partial charge on any atom is 0.200 e. The number of benzene rings is 8. The molecule has 68 heavy (non-hydrogen) atoms. The summed E-state index contributed by atoms with van der Waals surface area (Å²) in [6, 6.07) is 11.8. The zero-order chi connectivity index (χ0) is 50.0. The van der Waals surface area contributed by atoms with E-state index in [-0.39, 0.29) is 10.8 Å². The van der Waals surface area contributed by atoms with Gasteiger partial charge < -0.3 is 0 Å². The van der Waals surface area contributed by atoms with E-state index in [1.54, 1.807) is 0 Å². The Hall–Kier alpha value is -6.26. The lowest BCUT2D eigenvalue weighted by molar-refractivity contribution is 0.353. The van der Waals surface area contributed by atoms with Crippen molar-refractivity contribution in [2.75, 3.05) is 0 Å². The lowest BCUT2D eigenvalue weighted by Gasteiger charge is -2.38. The fourth-order valence-electron chi connectivity index (χ4n) is 8.33. The molecule has 8 aromatic rings. The van der Waals surface area contributed by atoms with Crippen LogP contribution in [0.3, 0.4) is 0 Å². The van der Waals surface area contributed by atoms with Gasteiger partial charge in [-0.3, -0.25) is 0 Å². The van der Waals surface area contributed by atoms with Crippen molar-refractivity contribution >= 4 is 40.0 Å². The van der Waals surface area contributed by atoms with E-state index in [9.17, 15) is 17.6 Å². The molecule has 0 saturated carbocycles. The normalized spacial score (nSPS) is 12.3. The molecule has 0 bridgehead atoms. The molecule has 0 heterocycles. The van der Waals surface area contributed by atoms with Crippen molar-refractivity contribution < 1.29 is 87.8 Å². The maximum atomic E-state index is 16.4. The second-order valence-corrected chi connectivity index (χ2v) is 16.5. The SMILES string of the molecule is Fc1c(F)c(F)c(C(P)(c2ccc3ccccc3c2-c2c(C(P)(c3c(F)c(F)c(F)c(F)c3F)c3c(F)c(F)c(F)c(F)c3F)ccc3ccccc23)c2c(F)c(F)c(F)c(F)c2F)c(F)c1F. The van der Waals surface area contributed by atoms with Gasteiger partial charge >= 0.3 is 0 Å². The number of fused-ring (bicyclic) bond motifs is 2. The van der Waals surface area contributed by atoms with Crippen LogP contribution in [0.4, 0.5) is 87.8 Å². The van der Waals surface area contributed by atoms with Gasteiger partial charge in [-0.2, -0.15) is 0 Å². The van der Waals surface area contributed by atoms with Crippen molar-refractivity contribution in [2.45, 2.75) is 10.3 Å². The predicted molar refractivity (Wildman–Crippen MR) is 211 cm³/mol. The molecule has 2 atom stereocenters. The third-order valence-electron chi connectivity index (χ3n) is 11.4. The first-order valence-electron chi connectivity index (χ1n) is 18.6. The zero-order valence-electron chi connectivity index (χ0n) is 32.6. The molecule has 0 aliphatic rings. The highest BCUT2D eigenvalue weighted by molar-refractivity contribution is 7.19. The first kappa shape index (κ1) is 48.2. The first-order valence-corrected chi connectivity index (χ1v) is 19.7. The van der Waals surface area contributed by atoms with Crippen molar-refractivity contribution in [1.82, 2.24) is 0 Å². The van der Waals surface area contributed by atoms with Gasteiger partial charge in [0, 0.05) is 22.3 Å². The minimum atomic E-state index is -4.08. The third-order valence-corrected chi connectivity index (χ3v) is 13.2. The molecule has 0 aliphatic heterocycles. The van der Waals surface area contributed by atoms with E-state index in [2.05, 4.69) is 0 Å². The molecule has 2 unspecified atom stereocenters. The molecule has 8 aromatic carbocycles. The molecule has 0 spiro atoms. The average Bonchev–Trinajstić information content (AvgIpc) is 3.33. The molecular weight excluding hydrogens is 994 g/mol. The van der Waals surface area contributed by atoms with Crippen molar-refractivity contribution in [1.29, 1.82) is 0 Å². The van der Waals surface area contributed by atoms with Crippen LogP contribution in [-0.4, -0.2) is 0 Å². The number of hydrogen-bond acceptors (Lipinski definition) is 0. The molecular formula is C46H16F20P2. The lowest BCUT2D eigenvalue weighted by atomic mass is 9.73. The Bertz CT molecular complexity index is 3030. The highest BCUT2D eigenvalue weighted by atomic mass is 31.0. The van der Waals surface area contributed by atoms with Crippen molar-refractivity contribution in [2.24, 2.45) is 0 Å². The Morgan fingerprint density at radius 2 is 0.426 bits per heavy atom. The van der Waals surface area contributed by atoms with E-state index in [1.165, 1.54) is 30.6 Å². The van der Waals surface area contributed by atoms with Crippen LogP contribution in [0.1, 0.15) is 33.4 Å². The Labute approximate surface area is 371 Å². The van der Waals surface area contributed by atoms with Gasteiger partial charge in [0.15, 0.2) is 93.1 Å². The van der Waals surface area contributed by atoms with Crippen LogP contribution in [0.2, 0.25) is 0 Å². The Balaban J connectivity index is 1.74. The fraction of sp³-hybridized carbons (Fsp3) is 0.0435. The number of halogens is 20. The molecule has 22 heteroatoms. The molecule has 0 amide bonds. The van der Waals surface area contributed by atoms with Crippen LogP contribution >= 0.6 is 18.5 Å². The molecule has 0 aliphatic carbocycles. The van der Waals surface area contributed by atoms with Gasteiger partial charge in [0.2, 0.25) is 23.3 Å². The van der Waals surface area contributed by atoms with Crippen molar-refractivity contribution in [3.8, 4) is 11.1 Å². The Morgan fingerprint density at radius 1 is 0.235 bits per heavy atom. The highest BCUT2D eigenvalue weighted by Crippen LogP contribution is 2.59. The maximum absolute atomic E-state index is 16.4. The largest absolute Gasteiger partial charge is 0.203 e. The molecule has 0 aromatic heterocycles. The number of rotatable bonds is 7. The number of hydrogen-bond donors (Lipinski definition) is 0. The summed E-state index contributed by atoms with van der Waals surface area (Å²) in [5.74, 6) is -58.5. The van der Waals surface area contributed by atoms with Crippen molar-refractivity contribution in [3.05, 3.63) is 223 Å². The summed E-state index contributed by atoms with van der Waals surface area (Å²) in [6.07, 6.45) is 0. The van der Waals surface area contributed by atoms with E-state index < -0.39 is 182 Å². The molecule has 0 radical (unpaired) electrons. The van der Waals surface area contributed by atoms with E-state index in [1.807, 2.05) is 0 Å². The summed E-state index contributed by atoms with van der Waals surface area (Å²) in [7, 11) is 2.50. The van der Waals surface area contributed by atoms with E-state index >= 15 is 70.2 Å². The van der Waals surface area contributed by atoms with Gasteiger partial charge in [-0.15, -0.1) is 18.5 Å². The molecule has 0 nitrogen and oxygen atoms in total. The molecule has 350 valence electrons. The van der Waals surface area contributed by atoms with Gasteiger partial charge in [0.1, 0.15) is 0 Å². The standard InChI is InChI=1S/C46H16F20P2/c47-25-21(26(48)34(56)41(63)33(25)55)45(67,22-27(49)35(57)42(64)36(58)28(22)50)17-11-9-13-5-1-3-7-15(13)19(17)20-16-8-4-2-6-14(16)10-12-18(20)46(68,23-29(51)37(59)43(65)38(60)30(23)52)24-31(53)39(61)44(66)40(62)32(24)54/h1-12H,67-68H2. The topological polar surface area (TPSA) is 0 Å². The summed E-state index contributed by atoms with van der Waals surface area (Å²) in [6.45, 7) is 0.